The molecular weight excluding hydrogens is 364 g/mol. The van der Waals surface area contributed by atoms with Crippen LogP contribution in [-0.2, 0) is 16.6 Å². The first-order valence-electron chi connectivity index (χ1n) is 8.52. The second-order valence-electron chi connectivity index (χ2n) is 6.34. The number of pyridine rings is 1. The van der Waals surface area contributed by atoms with Crippen LogP contribution in [0.3, 0.4) is 0 Å². The minimum atomic E-state index is -0.847. The number of rotatable bonds is 4. The van der Waals surface area contributed by atoms with Gasteiger partial charge in [-0.15, -0.1) is 0 Å². The van der Waals surface area contributed by atoms with Crippen molar-refractivity contribution < 1.29 is 23.7 Å². The van der Waals surface area contributed by atoms with Crippen LogP contribution in [0, 0.1) is 6.92 Å². The molecule has 28 heavy (non-hydrogen) atoms. The Morgan fingerprint density at radius 2 is 1.89 bits per heavy atom. The minimum absolute atomic E-state index is 0.0301. The van der Waals surface area contributed by atoms with Crippen molar-refractivity contribution in [3.05, 3.63) is 62.9 Å². The summed E-state index contributed by atoms with van der Waals surface area (Å²) in [4.78, 5) is 25.7. The molecule has 1 aliphatic heterocycles. The van der Waals surface area contributed by atoms with E-state index in [1.54, 1.807) is 38.2 Å². The molecule has 0 fully saturated rings. The third-order valence-corrected chi connectivity index (χ3v) is 4.89. The summed E-state index contributed by atoms with van der Waals surface area (Å²) in [6.07, 6.45) is 0. The number of fused-ring (bicyclic) bond motifs is 1. The van der Waals surface area contributed by atoms with Crippen molar-refractivity contribution >= 4 is 5.97 Å². The largest absolute Gasteiger partial charge is 0.497 e. The summed E-state index contributed by atoms with van der Waals surface area (Å²) >= 11 is 0. The summed E-state index contributed by atoms with van der Waals surface area (Å²) in [7, 11) is 5.92. The Bertz CT molecular complexity index is 1040. The van der Waals surface area contributed by atoms with E-state index in [-0.39, 0.29) is 22.6 Å². The standard InChI is InChI=1S/C20H22N2O6/c1-10-8-14-16(19(23)22(10)2)15(17(18(21)28-14)20(24)27-5)12-9-11(25-3)6-7-13(12)26-4/h6-9,15H,21H2,1-5H3/t15-/m1/s1. The minimum Gasteiger partial charge on any atom is -0.497 e. The summed E-state index contributed by atoms with van der Waals surface area (Å²) in [5.41, 5.74) is 7.30. The number of aryl methyl sites for hydroxylation is 1. The lowest BCUT2D eigenvalue weighted by molar-refractivity contribution is -0.136. The van der Waals surface area contributed by atoms with Gasteiger partial charge in [0, 0.05) is 24.4 Å². The van der Waals surface area contributed by atoms with Crippen LogP contribution in [0.2, 0.25) is 0 Å². The normalized spacial score (nSPS) is 15.5. The Labute approximate surface area is 162 Å². The van der Waals surface area contributed by atoms with Crippen molar-refractivity contribution in [3.8, 4) is 17.2 Å². The van der Waals surface area contributed by atoms with Gasteiger partial charge in [-0.1, -0.05) is 0 Å². The van der Waals surface area contributed by atoms with E-state index in [0.717, 1.165) is 0 Å². The Morgan fingerprint density at radius 3 is 2.50 bits per heavy atom. The first-order valence-corrected chi connectivity index (χ1v) is 8.52. The summed E-state index contributed by atoms with van der Waals surface area (Å²) in [5, 5.41) is 0. The van der Waals surface area contributed by atoms with Gasteiger partial charge in [-0.3, -0.25) is 4.79 Å². The topological polar surface area (TPSA) is 102 Å². The van der Waals surface area contributed by atoms with E-state index in [2.05, 4.69) is 0 Å². The average molecular weight is 386 g/mol. The van der Waals surface area contributed by atoms with Gasteiger partial charge in [0.25, 0.3) is 5.56 Å². The predicted octanol–water partition coefficient (Wildman–Crippen LogP) is 1.58. The van der Waals surface area contributed by atoms with Gasteiger partial charge in [0.1, 0.15) is 22.8 Å². The summed E-state index contributed by atoms with van der Waals surface area (Å²) in [6, 6.07) is 6.83. The third kappa shape index (κ3) is 2.96. The number of carbonyl (C=O) groups excluding carboxylic acids is 1. The van der Waals surface area contributed by atoms with Crippen molar-refractivity contribution in [2.75, 3.05) is 21.3 Å². The van der Waals surface area contributed by atoms with Gasteiger partial charge in [-0.05, 0) is 25.1 Å². The lowest BCUT2D eigenvalue weighted by Crippen LogP contribution is -2.34. The first kappa shape index (κ1) is 19.3. The number of aromatic nitrogens is 1. The number of benzene rings is 1. The van der Waals surface area contributed by atoms with Crippen LogP contribution >= 0.6 is 0 Å². The zero-order chi connectivity index (χ0) is 20.6. The molecule has 3 rings (SSSR count). The zero-order valence-electron chi connectivity index (χ0n) is 16.4. The Balaban J connectivity index is 2.41. The monoisotopic (exact) mass is 386 g/mol. The molecule has 1 aromatic heterocycles. The third-order valence-electron chi connectivity index (χ3n) is 4.89. The van der Waals surface area contributed by atoms with Gasteiger partial charge in [-0.2, -0.15) is 0 Å². The second kappa shape index (κ2) is 7.30. The Morgan fingerprint density at radius 1 is 1.18 bits per heavy atom. The van der Waals surface area contributed by atoms with E-state index in [9.17, 15) is 9.59 Å². The molecular formula is C20H22N2O6. The number of methoxy groups -OCH3 is 3. The number of ether oxygens (including phenoxy) is 4. The van der Waals surface area contributed by atoms with Gasteiger partial charge in [0.05, 0.1) is 32.8 Å². The number of esters is 1. The van der Waals surface area contributed by atoms with Crippen molar-refractivity contribution in [3.63, 3.8) is 0 Å². The van der Waals surface area contributed by atoms with E-state index < -0.39 is 11.9 Å². The maximum absolute atomic E-state index is 13.1. The van der Waals surface area contributed by atoms with Crippen LogP contribution in [0.15, 0.2) is 40.5 Å². The van der Waals surface area contributed by atoms with Crippen LogP contribution < -0.4 is 25.5 Å². The van der Waals surface area contributed by atoms with Gasteiger partial charge < -0.3 is 29.2 Å². The van der Waals surface area contributed by atoms with Gasteiger partial charge in [0.2, 0.25) is 5.88 Å². The lowest BCUT2D eigenvalue weighted by Gasteiger charge is -2.29. The SMILES string of the molecule is COC(=O)C1=C(N)Oc2cc(C)n(C)c(=O)c2[C@H]1c1cc(OC)ccc1OC. The molecule has 2 aromatic rings. The number of hydrogen-bond acceptors (Lipinski definition) is 7. The zero-order valence-corrected chi connectivity index (χ0v) is 16.4. The first-order chi connectivity index (χ1) is 13.3. The maximum Gasteiger partial charge on any atom is 0.340 e. The molecule has 0 amide bonds. The fourth-order valence-corrected chi connectivity index (χ4v) is 3.33. The fraction of sp³-hybridized carbons (Fsp3) is 0.300. The highest BCUT2D eigenvalue weighted by molar-refractivity contribution is 5.92. The number of nitrogens with zero attached hydrogens (tertiary/aromatic N) is 1. The molecule has 0 aliphatic carbocycles. The Kier molecular flexibility index (Phi) is 5.04. The van der Waals surface area contributed by atoms with Gasteiger partial charge in [-0.25, -0.2) is 4.79 Å². The number of nitrogens with two attached hydrogens (primary N) is 1. The van der Waals surface area contributed by atoms with E-state index >= 15 is 0 Å². The van der Waals surface area contributed by atoms with E-state index in [1.165, 1.54) is 25.9 Å². The molecule has 148 valence electrons. The van der Waals surface area contributed by atoms with Crippen molar-refractivity contribution in [1.29, 1.82) is 0 Å². The molecule has 1 aliphatic rings. The lowest BCUT2D eigenvalue weighted by atomic mass is 9.82. The number of hydrogen-bond donors (Lipinski definition) is 1. The smallest absolute Gasteiger partial charge is 0.340 e. The molecule has 0 spiro atoms. The molecule has 1 aromatic carbocycles. The van der Waals surface area contributed by atoms with Crippen molar-refractivity contribution in [2.45, 2.75) is 12.8 Å². The molecule has 0 bridgehead atoms. The summed E-state index contributed by atoms with van der Waals surface area (Å²) < 4.78 is 22.8. The van der Waals surface area contributed by atoms with Gasteiger partial charge >= 0.3 is 5.97 Å². The van der Waals surface area contributed by atoms with E-state index in [1.807, 2.05) is 0 Å². The molecule has 0 saturated carbocycles. The molecule has 0 unspecified atom stereocenters. The van der Waals surface area contributed by atoms with E-state index in [0.29, 0.717) is 28.5 Å². The molecule has 0 radical (unpaired) electrons. The van der Waals surface area contributed by atoms with Gasteiger partial charge in [0.15, 0.2) is 0 Å². The molecule has 8 heteroatoms. The molecule has 2 heterocycles. The summed E-state index contributed by atoms with van der Waals surface area (Å²) in [5.74, 6) is -0.366. The predicted molar refractivity (Wildman–Crippen MR) is 102 cm³/mol. The highest BCUT2D eigenvalue weighted by atomic mass is 16.5. The van der Waals surface area contributed by atoms with Crippen LogP contribution in [-0.4, -0.2) is 31.9 Å². The molecule has 0 saturated heterocycles. The Hall–Kier alpha value is -3.42. The van der Waals surface area contributed by atoms with Crippen molar-refractivity contribution in [1.82, 2.24) is 4.57 Å². The molecule has 2 N–H and O–H groups in total. The number of carbonyl (C=O) groups is 1. The van der Waals surface area contributed by atoms with Crippen molar-refractivity contribution in [2.24, 2.45) is 12.8 Å². The van der Waals surface area contributed by atoms with Crippen LogP contribution in [0.1, 0.15) is 22.7 Å². The molecule has 8 nitrogen and oxygen atoms in total. The van der Waals surface area contributed by atoms with Crippen LogP contribution in [0.25, 0.3) is 0 Å². The summed E-state index contributed by atoms with van der Waals surface area (Å²) in [6.45, 7) is 1.78. The van der Waals surface area contributed by atoms with Crippen LogP contribution in [0.5, 0.6) is 17.2 Å². The van der Waals surface area contributed by atoms with E-state index in [4.69, 9.17) is 24.7 Å². The van der Waals surface area contributed by atoms with Crippen LogP contribution in [0.4, 0.5) is 0 Å². The molecule has 1 atom stereocenters. The highest BCUT2D eigenvalue weighted by Gasteiger charge is 2.39. The maximum atomic E-state index is 13.1. The quantitative estimate of drug-likeness (QED) is 0.796. The fourth-order valence-electron chi connectivity index (χ4n) is 3.33. The second-order valence-corrected chi connectivity index (χ2v) is 6.34. The average Bonchev–Trinajstić information content (AvgIpc) is 2.70. The highest BCUT2D eigenvalue weighted by Crippen LogP contribution is 2.45.